The van der Waals surface area contributed by atoms with Gasteiger partial charge in [-0.15, -0.1) is 0 Å². The topological polar surface area (TPSA) is 115 Å². The Bertz CT molecular complexity index is 1250. The van der Waals surface area contributed by atoms with Crippen molar-refractivity contribution >= 4 is 39.2 Å². The number of primary amides is 1. The Kier molecular flexibility index (Phi) is 5.04. The number of fused-ring (bicyclic) bond motifs is 1. The van der Waals surface area contributed by atoms with E-state index in [4.69, 9.17) is 5.73 Å². The van der Waals surface area contributed by atoms with Crippen molar-refractivity contribution in [3.8, 4) is 10.6 Å². The first-order valence-electron chi connectivity index (χ1n) is 9.76. The minimum Gasteiger partial charge on any atom is -0.368 e. The molecule has 158 valence electrons. The number of amides is 1. The summed E-state index contributed by atoms with van der Waals surface area (Å²) in [6.07, 6.45) is 7.41. The van der Waals surface area contributed by atoms with Gasteiger partial charge in [0.25, 0.3) is 0 Å². The Morgan fingerprint density at radius 3 is 2.94 bits per heavy atom. The molecule has 4 aromatic rings. The van der Waals surface area contributed by atoms with E-state index >= 15 is 0 Å². The molecule has 0 spiro atoms. The van der Waals surface area contributed by atoms with E-state index in [2.05, 4.69) is 30.2 Å². The summed E-state index contributed by atoms with van der Waals surface area (Å²) in [5, 5.41) is 3.75. The molecule has 0 radical (unpaired) electrons. The number of nitrogens with two attached hydrogens (primary N) is 1. The van der Waals surface area contributed by atoms with Gasteiger partial charge in [0.1, 0.15) is 22.8 Å². The van der Waals surface area contributed by atoms with Crippen molar-refractivity contribution in [3.63, 3.8) is 0 Å². The average Bonchev–Trinajstić information content (AvgIpc) is 3.34. The van der Waals surface area contributed by atoms with Crippen LogP contribution in [0.15, 0.2) is 43.1 Å². The quantitative estimate of drug-likeness (QED) is 0.455. The maximum absolute atomic E-state index is 14.0. The van der Waals surface area contributed by atoms with Crippen molar-refractivity contribution in [2.45, 2.75) is 19.0 Å². The number of carbonyl (C=O) groups is 1. The summed E-state index contributed by atoms with van der Waals surface area (Å²) in [4.78, 5) is 31.3. The third kappa shape index (κ3) is 3.84. The van der Waals surface area contributed by atoms with Crippen LogP contribution in [-0.4, -0.2) is 54.4 Å². The number of nitrogens with zero attached hydrogens (tertiary/aromatic N) is 6. The first kappa shape index (κ1) is 19.5. The summed E-state index contributed by atoms with van der Waals surface area (Å²) in [5.41, 5.74) is 7.39. The van der Waals surface area contributed by atoms with Crippen LogP contribution in [0.4, 0.5) is 15.3 Å². The third-order valence-electron chi connectivity index (χ3n) is 5.33. The van der Waals surface area contributed by atoms with Crippen molar-refractivity contribution in [2.75, 3.05) is 18.4 Å². The molecule has 5 heterocycles. The molecule has 4 aromatic heterocycles. The summed E-state index contributed by atoms with van der Waals surface area (Å²) in [5.74, 6) is -0.0524. The highest BCUT2D eigenvalue weighted by Gasteiger charge is 2.31. The van der Waals surface area contributed by atoms with E-state index in [1.54, 1.807) is 31.0 Å². The molecule has 3 N–H and O–H groups in total. The van der Waals surface area contributed by atoms with Crippen molar-refractivity contribution < 1.29 is 9.18 Å². The molecule has 0 bridgehead atoms. The van der Waals surface area contributed by atoms with E-state index < -0.39 is 0 Å². The van der Waals surface area contributed by atoms with Gasteiger partial charge in [-0.3, -0.25) is 14.7 Å². The molecule has 1 aliphatic heterocycles. The Morgan fingerprint density at radius 1 is 1.26 bits per heavy atom. The van der Waals surface area contributed by atoms with Crippen molar-refractivity contribution in [3.05, 3.63) is 48.9 Å². The van der Waals surface area contributed by atoms with Gasteiger partial charge in [0.2, 0.25) is 5.91 Å². The highest BCUT2D eigenvalue weighted by molar-refractivity contribution is 7.18. The van der Waals surface area contributed by atoms with E-state index in [1.165, 1.54) is 17.4 Å². The third-order valence-corrected chi connectivity index (χ3v) is 6.25. The van der Waals surface area contributed by atoms with Crippen molar-refractivity contribution in [1.29, 1.82) is 0 Å². The zero-order valence-corrected chi connectivity index (χ0v) is 17.2. The summed E-state index contributed by atoms with van der Waals surface area (Å²) >= 11 is 1.30. The molecule has 1 amide bonds. The number of nitrogens with one attached hydrogen (secondary N) is 1. The highest BCUT2D eigenvalue weighted by atomic mass is 32.1. The van der Waals surface area contributed by atoms with Gasteiger partial charge in [0.15, 0.2) is 5.13 Å². The van der Waals surface area contributed by atoms with Crippen LogP contribution in [0.1, 0.15) is 6.42 Å². The molecule has 11 heteroatoms. The maximum atomic E-state index is 14.0. The molecular weight excluding hydrogens is 419 g/mol. The van der Waals surface area contributed by atoms with Crippen LogP contribution in [0.2, 0.25) is 0 Å². The van der Waals surface area contributed by atoms with E-state index in [0.717, 1.165) is 30.5 Å². The molecule has 0 aliphatic carbocycles. The van der Waals surface area contributed by atoms with Gasteiger partial charge in [0, 0.05) is 38.1 Å². The van der Waals surface area contributed by atoms with Gasteiger partial charge in [-0.2, -0.15) is 0 Å². The smallest absolute Gasteiger partial charge is 0.234 e. The first-order chi connectivity index (χ1) is 15.1. The first-order valence-corrected chi connectivity index (χ1v) is 10.6. The van der Waals surface area contributed by atoms with Gasteiger partial charge < -0.3 is 15.6 Å². The van der Waals surface area contributed by atoms with Crippen LogP contribution in [0, 0.1) is 5.82 Å². The fraction of sp³-hybridized carbons (Fsp3) is 0.250. The van der Waals surface area contributed by atoms with E-state index in [-0.39, 0.29) is 23.5 Å². The van der Waals surface area contributed by atoms with Crippen molar-refractivity contribution in [2.24, 2.45) is 5.73 Å². The van der Waals surface area contributed by atoms with Gasteiger partial charge >= 0.3 is 0 Å². The zero-order chi connectivity index (χ0) is 21.4. The van der Waals surface area contributed by atoms with Crippen LogP contribution in [0.25, 0.3) is 21.6 Å². The van der Waals surface area contributed by atoms with Crippen molar-refractivity contribution in [1.82, 2.24) is 29.4 Å². The van der Waals surface area contributed by atoms with E-state index in [0.29, 0.717) is 22.4 Å². The Morgan fingerprint density at radius 2 is 2.16 bits per heavy atom. The van der Waals surface area contributed by atoms with Crippen LogP contribution in [-0.2, 0) is 11.3 Å². The Hall–Kier alpha value is -3.44. The lowest BCUT2D eigenvalue weighted by Gasteiger charge is -2.38. The zero-order valence-electron chi connectivity index (χ0n) is 16.4. The number of rotatable bonds is 7. The maximum Gasteiger partial charge on any atom is 0.234 e. The second-order valence-electron chi connectivity index (χ2n) is 7.23. The molecule has 9 nitrogen and oxygen atoms in total. The molecule has 1 saturated heterocycles. The standard InChI is InChI=1S/C20H19FN8OS/c21-12-2-1-4-23-18(12)16-10-25-20(31-16)27-17-8-15-13(9-24-17)26-11-29(15)7-6-28-5-3-14(28)19(22)30/h1-2,4,8-11,14H,3,5-7H2,(H2,22,30)(H,24,25,27). The lowest BCUT2D eigenvalue weighted by molar-refractivity contribution is -0.127. The molecule has 0 saturated carbocycles. The SMILES string of the molecule is NC(=O)C1CCN1CCn1cnc2cnc(Nc3ncc(-c4ncccc4F)s3)cc21. The summed E-state index contributed by atoms with van der Waals surface area (Å²) < 4.78 is 16.0. The summed E-state index contributed by atoms with van der Waals surface area (Å²) in [7, 11) is 0. The number of pyridine rings is 2. The second kappa shape index (κ2) is 8.00. The number of anilines is 2. The molecule has 1 unspecified atom stereocenters. The van der Waals surface area contributed by atoms with Gasteiger partial charge in [-0.25, -0.2) is 19.3 Å². The number of hydrogen-bond donors (Lipinski definition) is 2. The number of halogens is 1. The number of carbonyl (C=O) groups excluding carboxylic acids is 1. The molecule has 1 aliphatic rings. The van der Waals surface area contributed by atoms with Crippen LogP contribution in [0.3, 0.4) is 0 Å². The highest BCUT2D eigenvalue weighted by Crippen LogP contribution is 2.31. The van der Waals surface area contributed by atoms with Gasteiger partial charge in [-0.1, -0.05) is 11.3 Å². The minimum atomic E-state index is -0.387. The molecule has 0 aromatic carbocycles. The molecule has 5 rings (SSSR count). The largest absolute Gasteiger partial charge is 0.368 e. The Labute approximate surface area is 180 Å². The summed E-state index contributed by atoms with van der Waals surface area (Å²) in [6, 6.07) is 4.65. The van der Waals surface area contributed by atoms with Crippen LogP contribution in [0.5, 0.6) is 0 Å². The summed E-state index contributed by atoms with van der Waals surface area (Å²) in [6.45, 7) is 2.28. The molecular formula is C20H19FN8OS. The predicted octanol–water partition coefficient (Wildman–Crippen LogP) is 2.39. The van der Waals surface area contributed by atoms with E-state index in [1.807, 2.05) is 10.6 Å². The predicted molar refractivity (Wildman–Crippen MR) is 115 cm³/mol. The normalized spacial score (nSPS) is 16.4. The van der Waals surface area contributed by atoms with Crippen LogP contribution < -0.4 is 11.1 Å². The molecule has 1 atom stereocenters. The fourth-order valence-corrected chi connectivity index (χ4v) is 4.41. The average molecular weight is 438 g/mol. The van der Waals surface area contributed by atoms with Gasteiger partial charge in [0.05, 0.1) is 29.0 Å². The Balaban J connectivity index is 1.32. The number of thiazole rings is 1. The van der Waals surface area contributed by atoms with Gasteiger partial charge in [-0.05, 0) is 18.6 Å². The molecule has 1 fully saturated rings. The lowest BCUT2D eigenvalue weighted by Crippen LogP contribution is -2.55. The van der Waals surface area contributed by atoms with E-state index in [9.17, 15) is 9.18 Å². The number of aromatic nitrogens is 5. The second-order valence-corrected chi connectivity index (χ2v) is 8.26. The lowest BCUT2D eigenvalue weighted by atomic mass is 10.0. The number of imidazole rings is 1. The monoisotopic (exact) mass is 438 g/mol. The number of hydrogen-bond acceptors (Lipinski definition) is 8. The van der Waals surface area contributed by atoms with Crippen LogP contribution >= 0.6 is 11.3 Å². The molecule has 31 heavy (non-hydrogen) atoms. The fourth-order valence-electron chi connectivity index (χ4n) is 3.59. The number of likely N-dealkylation sites (tertiary alicyclic amines) is 1. The minimum absolute atomic E-state index is 0.170.